The van der Waals surface area contributed by atoms with Crippen molar-refractivity contribution in [3.05, 3.63) is 47.5 Å². The minimum atomic E-state index is -0.139. The SMILES string of the molecule is CC(C)c1ccc(C(=O)N/N=C\[C@H]2C[C@@H]3C=C[C@@H]2C3)cc1. The summed E-state index contributed by atoms with van der Waals surface area (Å²) in [6, 6.07) is 7.73. The van der Waals surface area contributed by atoms with Crippen LogP contribution in [0.25, 0.3) is 0 Å². The van der Waals surface area contributed by atoms with Gasteiger partial charge in [0, 0.05) is 17.7 Å². The molecule has 0 saturated heterocycles. The fourth-order valence-electron chi connectivity index (χ4n) is 3.27. The van der Waals surface area contributed by atoms with Gasteiger partial charge in [0.25, 0.3) is 5.91 Å². The molecule has 1 N–H and O–H groups in total. The summed E-state index contributed by atoms with van der Waals surface area (Å²) >= 11 is 0. The van der Waals surface area contributed by atoms with Gasteiger partial charge in [-0.25, -0.2) is 5.43 Å². The predicted octanol–water partition coefficient (Wildman–Crippen LogP) is 3.74. The third-order valence-electron chi connectivity index (χ3n) is 4.60. The van der Waals surface area contributed by atoms with Crippen molar-refractivity contribution in [1.29, 1.82) is 0 Å². The molecule has 0 unspecified atom stereocenters. The largest absolute Gasteiger partial charge is 0.271 e. The van der Waals surface area contributed by atoms with E-state index in [1.807, 2.05) is 30.5 Å². The fraction of sp³-hybridized carbons (Fsp3) is 0.444. The minimum absolute atomic E-state index is 0.139. The highest BCUT2D eigenvalue weighted by Crippen LogP contribution is 2.42. The molecule has 0 aliphatic heterocycles. The maximum atomic E-state index is 12.0. The van der Waals surface area contributed by atoms with E-state index in [0.29, 0.717) is 23.3 Å². The van der Waals surface area contributed by atoms with E-state index in [2.05, 4.69) is 36.5 Å². The molecule has 2 aliphatic rings. The van der Waals surface area contributed by atoms with Gasteiger partial charge in [0.05, 0.1) is 0 Å². The Morgan fingerprint density at radius 1 is 1.24 bits per heavy atom. The molecule has 3 nitrogen and oxygen atoms in total. The van der Waals surface area contributed by atoms with E-state index in [9.17, 15) is 4.79 Å². The lowest BCUT2D eigenvalue weighted by Crippen LogP contribution is -2.19. The molecule has 21 heavy (non-hydrogen) atoms. The van der Waals surface area contributed by atoms with E-state index in [1.165, 1.54) is 18.4 Å². The normalized spacial score (nSPS) is 26.9. The molecular weight excluding hydrogens is 260 g/mol. The zero-order chi connectivity index (χ0) is 14.8. The summed E-state index contributed by atoms with van der Waals surface area (Å²) in [5, 5.41) is 4.15. The molecule has 0 spiro atoms. The van der Waals surface area contributed by atoms with Gasteiger partial charge in [-0.3, -0.25) is 4.79 Å². The predicted molar refractivity (Wildman–Crippen MR) is 85.3 cm³/mol. The molecule has 1 fully saturated rings. The van der Waals surface area contributed by atoms with Crippen LogP contribution in [0.15, 0.2) is 41.5 Å². The second-order valence-electron chi connectivity index (χ2n) is 6.44. The summed E-state index contributed by atoms with van der Waals surface area (Å²) in [4.78, 5) is 12.0. The van der Waals surface area contributed by atoms with Gasteiger partial charge in [0.15, 0.2) is 0 Å². The Kier molecular flexibility index (Phi) is 3.91. The summed E-state index contributed by atoms with van der Waals surface area (Å²) < 4.78 is 0. The Morgan fingerprint density at radius 3 is 2.57 bits per heavy atom. The van der Waals surface area contributed by atoms with E-state index in [1.54, 1.807) is 0 Å². The molecule has 110 valence electrons. The van der Waals surface area contributed by atoms with E-state index in [0.717, 1.165) is 5.92 Å². The number of hydrazone groups is 1. The third kappa shape index (κ3) is 3.07. The molecule has 0 heterocycles. The molecule has 1 amide bonds. The van der Waals surface area contributed by atoms with E-state index < -0.39 is 0 Å². The highest BCUT2D eigenvalue weighted by molar-refractivity contribution is 5.94. The Balaban J connectivity index is 1.55. The zero-order valence-corrected chi connectivity index (χ0v) is 12.6. The molecule has 1 aromatic carbocycles. The van der Waals surface area contributed by atoms with Gasteiger partial charge in [-0.15, -0.1) is 0 Å². The van der Waals surface area contributed by atoms with E-state index >= 15 is 0 Å². The number of allylic oxidation sites excluding steroid dienone is 2. The van der Waals surface area contributed by atoms with Crippen LogP contribution in [0.3, 0.4) is 0 Å². The molecule has 2 aliphatic carbocycles. The van der Waals surface area contributed by atoms with Gasteiger partial charge in [0.2, 0.25) is 0 Å². The number of nitrogens with one attached hydrogen (secondary N) is 1. The number of carbonyl (C=O) groups is 1. The average molecular weight is 282 g/mol. The molecular formula is C18H22N2O. The smallest absolute Gasteiger partial charge is 0.267 e. The Morgan fingerprint density at radius 2 is 2.00 bits per heavy atom. The zero-order valence-electron chi connectivity index (χ0n) is 12.6. The average Bonchev–Trinajstić information content (AvgIpc) is 3.10. The third-order valence-corrected chi connectivity index (χ3v) is 4.60. The van der Waals surface area contributed by atoms with Crippen molar-refractivity contribution in [2.75, 3.05) is 0 Å². The van der Waals surface area contributed by atoms with Crippen LogP contribution in [0.1, 0.15) is 48.5 Å². The van der Waals surface area contributed by atoms with Crippen molar-refractivity contribution in [1.82, 2.24) is 5.43 Å². The maximum absolute atomic E-state index is 12.0. The van der Waals surface area contributed by atoms with Crippen LogP contribution < -0.4 is 5.43 Å². The lowest BCUT2D eigenvalue weighted by atomic mass is 9.95. The summed E-state index contributed by atoms with van der Waals surface area (Å²) in [7, 11) is 0. The topological polar surface area (TPSA) is 41.5 Å². The summed E-state index contributed by atoms with van der Waals surface area (Å²) in [6.07, 6.45) is 8.93. The van der Waals surface area contributed by atoms with Crippen LogP contribution in [0, 0.1) is 17.8 Å². The first-order valence-electron chi connectivity index (χ1n) is 7.75. The molecule has 1 saturated carbocycles. The summed E-state index contributed by atoms with van der Waals surface area (Å²) in [5.41, 5.74) is 4.54. The van der Waals surface area contributed by atoms with Crippen LogP contribution in [0.5, 0.6) is 0 Å². The lowest BCUT2D eigenvalue weighted by molar-refractivity contribution is 0.0955. The quantitative estimate of drug-likeness (QED) is 0.510. The Labute approximate surface area is 126 Å². The Bertz CT molecular complexity index is 571. The number of benzene rings is 1. The van der Waals surface area contributed by atoms with E-state index in [-0.39, 0.29) is 5.91 Å². The number of hydrogen-bond donors (Lipinski definition) is 1. The second kappa shape index (κ2) is 5.84. The molecule has 0 radical (unpaired) electrons. The van der Waals surface area contributed by atoms with Crippen LogP contribution >= 0.6 is 0 Å². The highest BCUT2D eigenvalue weighted by Gasteiger charge is 2.34. The molecule has 3 atom stereocenters. The van der Waals surface area contributed by atoms with Crippen LogP contribution in [-0.2, 0) is 0 Å². The van der Waals surface area contributed by atoms with Crippen LogP contribution in [0.4, 0.5) is 0 Å². The second-order valence-corrected chi connectivity index (χ2v) is 6.44. The first-order valence-corrected chi connectivity index (χ1v) is 7.75. The van der Waals surface area contributed by atoms with Crippen molar-refractivity contribution in [3.8, 4) is 0 Å². The summed E-state index contributed by atoms with van der Waals surface area (Å²) in [6.45, 7) is 4.28. The number of rotatable bonds is 4. The number of nitrogens with zero attached hydrogens (tertiary/aromatic N) is 1. The minimum Gasteiger partial charge on any atom is -0.267 e. The number of hydrogen-bond acceptors (Lipinski definition) is 2. The lowest BCUT2D eigenvalue weighted by Gasteiger charge is -2.12. The monoisotopic (exact) mass is 282 g/mol. The molecule has 0 aromatic heterocycles. The van der Waals surface area contributed by atoms with E-state index in [4.69, 9.17) is 0 Å². The molecule has 3 heteroatoms. The highest BCUT2D eigenvalue weighted by atomic mass is 16.2. The number of amides is 1. The molecule has 2 bridgehead atoms. The van der Waals surface area contributed by atoms with Crippen molar-refractivity contribution in [2.45, 2.75) is 32.6 Å². The van der Waals surface area contributed by atoms with Gasteiger partial charge in [-0.2, -0.15) is 5.10 Å². The van der Waals surface area contributed by atoms with Crippen molar-refractivity contribution >= 4 is 12.1 Å². The fourth-order valence-corrected chi connectivity index (χ4v) is 3.27. The van der Waals surface area contributed by atoms with Gasteiger partial charge >= 0.3 is 0 Å². The first kappa shape index (κ1) is 14.1. The van der Waals surface area contributed by atoms with Gasteiger partial charge < -0.3 is 0 Å². The van der Waals surface area contributed by atoms with Gasteiger partial charge in [-0.1, -0.05) is 38.1 Å². The van der Waals surface area contributed by atoms with Crippen molar-refractivity contribution in [2.24, 2.45) is 22.9 Å². The molecule has 1 aromatic rings. The van der Waals surface area contributed by atoms with Crippen LogP contribution in [0.2, 0.25) is 0 Å². The van der Waals surface area contributed by atoms with Crippen molar-refractivity contribution in [3.63, 3.8) is 0 Å². The molecule has 3 rings (SSSR count). The van der Waals surface area contributed by atoms with Crippen molar-refractivity contribution < 1.29 is 4.79 Å². The first-order chi connectivity index (χ1) is 10.1. The summed E-state index contributed by atoms with van der Waals surface area (Å²) in [5.74, 6) is 2.18. The standard InChI is InChI=1S/C18H22N2O/c1-12(2)14-5-7-15(8-6-14)18(21)20-19-11-17-10-13-3-4-16(17)9-13/h3-8,11-13,16-17H,9-10H2,1-2H3,(H,20,21)/b19-11-/t13-,16-,17-/m1/s1. The maximum Gasteiger partial charge on any atom is 0.271 e. The van der Waals surface area contributed by atoms with Gasteiger partial charge in [0.1, 0.15) is 0 Å². The van der Waals surface area contributed by atoms with Crippen LogP contribution in [-0.4, -0.2) is 12.1 Å². The van der Waals surface area contributed by atoms with Gasteiger partial charge in [-0.05, 0) is 48.3 Å². The number of carbonyl (C=O) groups excluding carboxylic acids is 1. The number of fused-ring (bicyclic) bond motifs is 2. The Hall–Kier alpha value is -1.90.